The highest BCUT2D eigenvalue weighted by Gasteiger charge is 2.55. The smallest absolute Gasteiger partial charge is 0.408 e. The highest BCUT2D eigenvalue weighted by Crippen LogP contribution is 2.53. The Hall–Kier alpha value is -3.29. The number of alkyl halides is 3. The summed E-state index contributed by atoms with van der Waals surface area (Å²) < 4.78 is 56.4. The molecule has 11 nitrogen and oxygen atoms in total. The largest absolute Gasteiger partial charge is 0.471 e. The van der Waals surface area contributed by atoms with Gasteiger partial charge in [0.1, 0.15) is 11.8 Å². The van der Waals surface area contributed by atoms with E-state index in [1.165, 1.54) is 23.9 Å². The molecule has 1 aliphatic heterocycles. The van der Waals surface area contributed by atoms with E-state index in [4.69, 9.17) is 14.2 Å². The third kappa shape index (κ3) is 4.54. The Morgan fingerprint density at radius 3 is 2.77 bits per heavy atom. The zero-order chi connectivity index (χ0) is 24.7. The summed E-state index contributed by atoms with van der Waals surface area (Å²) >= 11 is 0. The van der Waals surface area contributed by atoms with Crippen LogP contribution < -0.4 is 15.4 Å². The molecule has 2 aromatic rings. The van der Waals surface area contributed by atoms with Crippen molar-refractivity contribution in [2.24, 2.45) is 13.0 Å². The van der Waals surface area contributed by atoms with Crippen LogP contribution in [0.4, 0.5) is 23.8 Å². The topological polar surface area (TPSA) is 132 Å². The number of rotatable bonds is 8. The predicted molar refractivity (Wildman–Crippen MR) is 113 cm³/mol. The first-order chi connectivity index (χ1) is 16.7. The maximum atomic E-state index is 15.0. The summed E-state index contributed by atoms with van der Waals surface area (Å²) in [5.41, 5.74) is 0.113. The van der Waals surface area contributed by atoms with Gasteiger partial charge in [0.05, 0.1) is 12.3 Å². The van der Waals surface area contributed by atoms with Gasteiger partial charge in [-0.3, -0.25) is 14.6 Å². The lowest BCUT2D eigenvalue weighted by molar-refractivity contribution is -0.0272. The van der Waals surface area contributed by atoms with Crippen LogP contribution in [-0.2, 0) is 16.5 Å². The Morgan fingerprint density at radius 1 is 1.34 bits per heavy atom. The van der Waals surface area contributed by atoms with Crippen molar-refractivity contribution >= 4 is 17.8 Å². The summed E-state index contributed by atoms with van der Waals surface area (Å²) in [5, 5.41) is 15.8. The number of anilines is 1. The van der Waals surface area contributed by atoms with E-state index in [9.17, 15) is 22.8 Å². The summed E-state index contributed by atoms with van der Waals surface area (Å²) in [7, 11) is 1.45. The van der Waals surface area contributed by atoms with Crippen LogP contribution in [0, 0.1) is 5.92 Å². The molecule has 0 radical (unpaired) electrons. The second-order valence-corrected chi connectivity index (χ2v) is 9.05. The second-order valence-electron chi connectivity index (χ2n) is 9.05. The fourth-order valence-corrected chi connectivity index (χ4v) is 4.80. The van der Waals surface area contributed by atoms with Gasteiger partial charge < -0.3 is 24.8 Å². The van der Waals surface area contributed by atoms with E-state index >= 15 is 0 Å². The number of alkyl carbamates (subject to hydrolysis) is 1. The van der Waals surface area contributed by atoms with Crippen molar-refractivity contribution < 1.29 is 37.0 Å². The minimum absolute atomic E-state index is 0.0402. The van der Waals surface area contributed by atoms with E-state index in [0.717, 1.165) is 25.7 Å². The van der Waals surface area contributed by atoms with Crippen LogP contribution in [0.3, 0.4) is 0 Å². The average Bonchev–Trinajstić information content (AvgIpc) is 3.50. The average molecular weight is 498 g/mol. The van der Waals surface area contributed by atoms with Crippen molar-refractivity contribution in [1.29, 1.82) is 0 Å². The standard InChI is InChI=1S/C21H25F3N6O5/c1-30-12(7-16(29-30)33-9-14(22)23)19(31)25-15-6-11(27-28-15)18-17(24)13(8-34-18)35-20(32)26-21-4-2-10(21)3-5-21/h6-7,10,13-14,17-18H,2-5,8-9H2,1H3,(H,26,32)(H2,25,27,28,31)/t10?,13-,17-,18-,21?/m1/s1. The van der Waals surface area contributed by atoms with E-state index in [1.807, 2.05) is 0 Å². The lowest BCUT2D eigenvalue weighted by Gasteiger charge is -2.58. The summed E-state index contributed by atoms with van der Waals surface area (Å²) in [5.74, 6) is -0.179. The van der Waals surface area contributed by atoms with Gasteiger partial charge in [-0.25, -0.2) is 18.0 Å². The molecule has 35 heavy (non-hydrogen) atoms. The van der Waals surface area contributed by atoms with Gasteiger partial charge in [0, 0.05) is 24.7 Å². The number of aryl methyl sites for hydroxylation is 1. The fourth-order valence-electron chi connectivity index (χ4n) is 4.80. The molecule has 2 aliphatic carbocycles. The zero-order valence-corrected chi connectivity index (χ0v) is 18.8. The van der Waals surface area contributed by atoms with Crippen molar-refractivity contribution in [2.45, 2.75) is 56.0 Å². The van der Waals surface area contributed by atoms with E-state index in [2.05, 4.69) is 25.9 Å². The monoisotopic (exact) mass is 498 g/mol. The van der Waals surface area contributed by atoms with E-state index in [-0.39, 0.29) is 35.2 Å². The lowest BCUT2D eigenvalue weighted by atomic mass is 9.53. The highest BCUT2D eigenvalue weighted by atomic mass is 19.3. The molecule has 2 amide bonds. The van der Waals surface area contributed by atoms with Crippen LogP contribution >= 0.6 is 0 Å². The Balaban J connectivity index is 1.15. The van der Waals surface area contributed by atoms with Gasteiger partial charge in [-0.05, 0) is 31.6 Å². The number of carbonyl (C=O) groups is 2. The highest BCUT2D eigenvalue weighted by molar-refractivity contribution is 6.02. The number of ether oxygens (including phenoxy) is 3. The van der Waals surface area contributed by atoms with Gasteiger partial charge in [0.2, 0.25) is 5.88 Å². The molecule has 0 bridgehead atoms. The molecule has 0 spiro atoms. The van der Waals surface area contributed by atoms with Crippen LogP contribution in [0.15, 0.2) is 12.1 Å². The molecule has 1 saturated heterocycles. The summed E-state index contributed by atoms with van der Waals surface area (Å²) in [6.07, 6.45) is -3.06. The Morgan fingerprint density at radius 2 is 2.11 bits per heavy atom. The van der Waals surface area contributed by atoms with Crippen molar-refractivity contribution in [3.8, 4) is 5.88 Å². The molecule has 2 saturated carbocycles. The number of hydrogen-bond donors (Lipinski definition) is 3. The lowest BCUT2D eigenvalue weighted by Crippen LogP contribution is -2.66. The van der Waals surface area contributed by atoms with Crippen molar-refractivity contribution in [3.63, 3.8) is 0 Å². The molecule has 2 aromatic heterocycles. The van der Waals surface area contributed by atoms with Crippen molar-refractivity contribution in [1.82, 2.24) is 25.3 Å². The number of hydrogen-bond acceptors (Lipinski definition) is 7. The molecule has 14 heteroatoms. The second kappa shape index (κ2) is 9.06. The number of fused-ring (bicyclic) bond motifs is 1. The Bertz CT molecular complexity index is 1100. The number of nitrogens with zero attached hydrogens (tertiary/aromatic N) is 3. The van der Waals surface area contributed by atoms with Crippen LogP contribution in [0.25, 0.3) is 0 Å². The first kappa shape index (κ1) is 23.5. The quantitative estimate of drug-likeness (QED) is 0.509. The third-order valence-corrected chi connectivity index (χ3v) is 6.95. The van der Waals surface area contributed by atoms with Gasteiger partial charge in [0.25, 0.3) is 12.3 Å². The molecule has 5 rings (SSSR count). The number of aromatic amines is 1. The molecule has 3 atom stereocenters. The number of amides is 2. The minimum Gasteiger partial charge on any atom is -0.471 e. The van der Waals surface area contributed by atoms with Gasteiger partial charge in [-0.2, -0.15) is 5.10 Å². The van der Waals surface area contributed by atoms with Crippen molar-refractivity contribution in [3.05, 3.63) is 23.5 Å². The van der Waals surface area contributed by atoms with Crippen molar-refractivity contribution in [2.75, 3.05) is 18.5 Å². The molecule has 0 unspecified atom stereocenters. The van der Waals surface area contributed by atoms with Gasteiger partial charge in [0.15, 0.2) is 24.7 Å². The fraction of sp³-hybridized carbons (Fsp3) is 0.619. The Kier molecular flexibility index (Phi) is 6.07. The molecule has 0 aromatic carbocycles. The van der Waals surface area contributed by atoms with E-state index in [0.29, 0.717) is 5.92 Å². The molecule has 3 aliphatic rings. The first-order valence-corrected chi connectivity index (χ1v) is 11.3. The summed E-state index contributed by atoms with van der Waals surface area (Å²) in [6, 6.07) is 2.61. The number of H-pyrrole nitrogens is 1. The van der Waals surface area contributed by atoms with Crippen LogP contribution in [-0.4, -0.2) is 69.4 Å². The zero-order valence-electron chi connectivity index (χ0n) is 18.8. The third-order valence-electron chi connectivity index (χ3n) is 6.95. The molecular weight excluding hydrogens is 473 g/mol. The predicted octanol–water partition coefficient (Wildman–Crippen LogP) is 2.49. The normalized spacial score (nSPS) is 29.2. The van der Waals surface area contributed by atoms with Crippen LogP contribution in [0.5, 0.6) is 5.88 Å². The summed E-state index contributed by atoms with van der Waals surface area (Å²) in [4.78, 5) is 24.8. The number of nitrogens with one attached hydrogen (secondary N) is 3. The molecule has 3 heterocycles. The maximum Gasteiger partial charge on any atom is 0.408 e. The van der Waals surface area contributed by atoms with Gasteiger partial charge in [-0.15, -0.1) is 5.10 Å². The maximum absolute atomic E-state index is 15.0. The van der Waals surface area contributed by atoms with Crippen LogP contribution in [0.2, 0.25) is 0 Å². The molecule has 190 valence electrons. The molecule has 3 N–H and O–H groups in total. The first-order valence-electron chi connectivity index (χ1n) is 11.3. The number of carbonyl (C=O) groups excluding carboxylic acids is 2. The number of aromatic nitrogens is 4. The number of halogens is 3. The van der Waals surface area contributed by atoms with E-state index < -0.39 is 43.4 Å². The SMILES string of the molecule is Cn1nc(OCC(F)F)cc1C(=O)Nc1cc([C@H]2OC[C@@H](OC(=O)NC34CCC3CC4)[C@H]2F)[nH]n1. The van der Waals surface area contributed by atoms with E-state index in [1.54, 1.807) is 0 Å². The van der Waals surface area contributed by atoms with Crippen LogP contribution in [0.1, 0.15) is 48.0 Å². The van der Waals surface area contributed by atoms with Gasteiger partial charge >= 0.3 is 6.09 Å². The molecular formula is C21H25F3N6O5. The molecule has 3 fully saturated rings. The van der Waals surface area contributed by atoms with Gasteiger partial charge in [-0.1, -0.05) is 0 Å². The summed E-state index contributed by atoms with van der Waals surface area (Å²) in [6.45, 7) is -0.965. The minimum atomic E-state index is -2.68. The Labute approximate surface area is 197 Å².